The molecule has 1 N–H and O–H groups in total. The second-order valence-corrected chi connectivity index (χ2v) is 6.46. The summed E-state index contributed by atoms with van der Waals surface area (Å²) in [5.41, 5.74) is 2.12. The Morgan fingerprint density at radius 1 is 1.07 bits per heavy atom. The van der Waals surface area contributed by atoms with Gasteiger partial charge in [0, 0.05) is 26.4 Å². The summed E-state index contributed by atoms with van der Waals surface area (Å²) in [6.07, 6.45) is 0.981. The van der Waals surface area contributed by atoms with Crippen molar-refractivity contribution in [3.63, 3.8) is 0 Å². The van der Waals surface area contributed by atoms with Crippen LogP contribution in [0.2, 0.25) is 0 Å². The maximum atomic E-state index is 12.2. The first-order chi connectivity index (χ1) is 13.0. The Hall–Kier alpha value is -2.82. The second-order valence-electron chi connectivity index (χ2n) is 6.46. The zero-order valence-corrected chi connectivity index (χ0v) is 16.3. The smallest absolute Gasteiger partial charge is 0.221 e. The van der Waals surface area contributed by atoms with Crippen molar-refractivity contribution in [2.45, 2.75) is 32.7 Å². The third kappa shape index (κ3) is 6.13. The Bertz CT molecular complexity index is 746. The Morgan fingerprint density at radius 2 is 1.74 bits per heavy atom. The molecule has 0 heterocycles. The molecule has 2 amide bonds. The summed E-state index contributed by atoms with van der Waals surface area (Å²) in [6.45, 7) is 4.45. The van der Waals surface area contributed by atoms with E-state index in [4.69, 9.17) is 4.74 Å². The van der Waals surface area contributed by atoms with Crippen LogP contribution in [0.4, 0.5) is 0 Å². The average molecular weight is 368 g/mol. The monoisotopic (exact) mass is 368 g/mol. The molecule has 2 aromatic carbocycles. The predicted molar refractivity (Wildman–Crippen MR) is 107 cm³/mol. The first-order valence-electron chi connectivity index (χ1n) is 9.23. The lowest BCUT2D eigenvalue weighted by atomic mass is 10.1. The van der Waals surface area contributed by atoms with Crippen LogP contribution in [0.25, 0.3) is 0 Å². The molecule has 5 nitrogen and oxygen atoms in total. The third-order valence-electron chi connectivity index (χ3n) is 4.64. The van der Waals surface area contributed by atoms with Crippen LogP contribution in [0.5, 0.6) is 5.75 Å². The van der Waals surface area contributed by atoms with Gasteiger partial charge >= 0.3 is 0 Å². The van der Waals surface area contributed by atoms with Gasteiger partial charge in [-0.1, -0.05) is 48.5 Å². The van der Waals surface area contributed by atoms with Crippen molar-refractivity contribution < 1.29 is 14.3 Å². The summed E-state index contributed by atoms with van der Waals surface area (Å²) < 4.78 is 5.32. The standard InChI is InChI=1S/C22H28N2O3/c1-17(19-9-5-4-6-10-19)24(18(2)25)16-14-22(26)23-15-13-20-11-7-8-12-21(20)27-3/h4-12,17H,13-16H2,1-3H3,(H,23,26). The van der Waals surface area contributed by atoms with E-state index in [0.29, 0.717) is 19.5 Å². The van der Waals surface area contributed by atoms with E-state index in [1.807, 2.05) is 61.5 Å². The average Bonchev–Trinajstić information content (AvgIpc) is 2.68. The summed E-state index contributed by atoms with van der Waals surface area (Å²) in [7, 11) is 1.64. The zero-order valence-electron chi connectivity index (χ0n) is 16.3. The van der Waals surface area contributed by atoms with E-state index < -0.39 is 0 Å². The number of methoxy groups -OCH3 is 1. The number of para-hydroxylation sites is 1. The molecule has 2 rings (SSSR count). The highest BCUT2D eigenvalue weighted by molar-refractivity contribution is 5.78. The van der Waals surface area contributed by atoms with E-state index in [1.165, 1.54) is 0 Å². The highest BCUT2D eigenvalue weighted by atomic mass is 16.5. The Morgan fingerprint density at radius 3 is 2.41 bits per heavy atom. The van der Waals surface area contributed by atoms with E-state index in [2.05, 4.69) is 5.32 Å². The molecule has 0 aliphatic heterocycles. The van der Waals surface area contributed by atoms with Crippen molar-refractivity contribution in [3.05, 3.63) is 65.7 Å². The van der Waals surface area contributed by atoms with Crippen LogP contribution < -0.4 is 10.1 Å². The minimum absolute atomic E-state index is 0.0341. The molecule has 2 aromatic rings. The van der Waals surface area contributed by atoms with Gasteiger partial charge in [0.2, 0.25) is 11.8 Å². The fraction of sp³-hybridized carbons (Fsp3) is 0.364. The number of hydrogen-bond donors (Lipinski definition) is 1. The molecular weight excluding hydrogens is 340 g/mol. The Balaban J connectivity index is 1.83. The van der Waals surface area contributed by atoms with Crippen LogP contribution in [0.15, 0.2) is 54.6 Å². The van der Waals surface area contributed by atoms with Gasteiger partial charge in [0.05, 0.1) is 13.2 Å². The molecule has 5 heteroatoms. The number of hydrogen-bond acceptors (Lipinski definition) is 3. The first-order valence-corrected chi connectivity index (χ1v) is 9.23. The highest BCUT2D eigenvalue weighted by Gasteiger charge is 2.19. The van der Waals surface area contributed by atoms with Crippen molar-refractivity contribution >= 4 is 11.8 Å². The fourth-order valence-corrected chi connectivity index (χ4v) is 3.09. The van der Waals surface area contributed by atoms with Crippen molar-refractivity contribution in [3.8, 4) is 5.75 Å². The number of ether oxygens (including phenoxy) is 1. The lowest BCUT2D eigenvalue weighted by Crippen LogP contribution is -2.36. The van der Waals surface area contributed by atoms with Gasteiger partial charge in [-0.2, -0.15) is 0 Å². The number of carbonyl (C=O) groups excluding carboxylic acids is 2. The minimum atomic E-state index is -0.0647. The molecule has 27 heavy (non-hydrogen) atoms. The van der Waals surface area contributed by atoms with Crippen LogP contribution in [-0.4, -0.2) is 36.9 Å². The molecule has 0 radical (unpaired) electrons. The van der Waals surface area contributed by atoms with Crippen molar-refractivity contribution in [1.29, 1.82) is 0 Å². The van der Waals surface area contributed by atoms with Crippen LogP contribution in [-0.2, 0) is 16.0 Å². The van der Waals surface area contributed by atoms with E-state index in [0.717, 1.165) is 16.9 Å². The second kappa shape index (κ2) is 10.4. The quantitative estimate of drug-likeness (QED) is 0.738. The molecule has 0 spiro atoms. The van der Waals surface area contributed by atoms with Crippen LogP contribution in [0.1, 0.15) is 37.4 Å². The molecule has 1 unspecified atom stereocenters. The molecular formula is C22H28N2O3. The highest BCUT2D eigenvalue weighted by Crippen LogP contribution is 2.20. The largest absolute Gasteiger partial charge is 0.496 e. The van der Waals surface area contributed by atoms with Gasteiger partial charge in [-0.15, -0.1) is 0 Å². The molecule has 0 saturated heterocycles. The SMILES string of the molecule is COc1ccccc1CCNC(=O)CCN(C(C)=O)C(C)c1ccccc1. The maximum absolute atomic E-state index is 12.2. The van der Waals surface area contributed by atoms with E-state index >= 15 is 0 Å². The van der Waals surface area contributed by atoms with Crippen LogP contribution >= 0.6 is 0 Å². The summed E-state index contributed by atoms with van der Waals surface area (Å²) in [5.74, 6) is 0.732. The van der Waals surface area contributed by atoms with E-state index in [9.17, 15) is 9.59 Å². The summed E-state index contributed by atoms with van der Waals surface area (Å²) in [6, 6.07) is 17.6. The number of amides is 2. The lowest BCUT2D eigenvalue weighted by Gasteiger charge is -2.28. The summed E-state index contributed by atoms with van der Waals surface area (Å²) >= 11 is 0. The topological polar surface area (TPSA) is 58.6 Å². The van der Waals surface area contributed by atoms with Gasteiger partial charge < -0.3 is 15.0 Å². The lowest BCUT2D eigenvalue weighted by molar-refractivity contribution is -0.131. The van der Waals surface area contributed by atoms with Crippen LogP contribution in [0.3, 0.4) is 0 Å². The number of nitrogens with zero attached hydrogens (tertiary/aromatic N) is 1. The van der Waals surface area contributed by atoms with E-state index in [-0.39, 0.29) is 24.3 Å². The third-order valence-corrected chi connectivity index (χ3v) is 4.64. The zero-order chi connectivity index (χ0) is 19.6. The molecule has 0 aliphatic carbocycles. The van der Waals surface area contributed by atoms with Gasteiger partial charge in [-0.05, 0) is 30.5 Å². The molecule has 0 bridgehead atoms. The summed E-state index contributed by atoms with van der Waals surface area (Å²) in [5, 5.41) is 2.92. The molecule has 0 saturated carbocycles. The summed E-state index contributed by atoms with van der Waals surface area (Å²) in [4.78, 5) is 25.9. The van der Waals surface area contributed by atoms with Gasteiger partial charge in [0.15, 0.2) is 0 Å². The van der Waals surface area contributed by atoms with Crippen LogP contribution in [0, 0.1) is 0 Å². The fourth-order valence-electron chi connectivity index (χ4n) is 3.09. The number of rotatable bonds is 9. The number of carbonyl (C=O) groups is 2. The van der Waals surface area contributed by atoms with Gasteiger partial charge in [-0.3, -0.25) is 9.59 Å². The van der Waals surface area contributed by atoms with Gasteiger partial charge in [0.25, 0.3) is 0 Å². The molecule has 0 aliphatic rings. The van der Waals surface area contributed by atoms with Crippen molar-refractivity contribution in [1.82, 2.24) is 10.2 Å². The Labute approximate surface area is 161 Å². The van der Waals surface area contributed by atoms with E-state index in [1.54, 1.807) is 18.9 Å². The molecule has 0 fully saturated rings. The minimum Gasteiger partial charge on any atom is -0.496 e. The Kier molecular flexibility index (Phi) is 7.86. The number of benzene rings is 2. The normalized spacial score (nSPS) is 11.5. The van der Waals surface area contributed by atoms with Crippen molar-refractivity contribution in [2.24, 2.45) is 0 Å². The first kappa shape index (κ1) is 20.5. The molecule has 144 valence electrons. The number of nitrogens with one attached hydrogen (secondary N) is 1. The predicted octanol–water partition coefficient (Wildman–Crippen LogP) is 3.35. The van der Waals surface area contributed by atoms with Gasteiger partial charge in [0.1, 0.15) is 5.75 Å². The molecule has 1 atom stereocenters. The molecule has 0 aromatic heterocycles. The maximum Gasteiger partial charge on any atom is 0.221 e. The van der Waals surface area contributed by atoms with Crippen molar-refractivity contribution in [2.75, 3.05) is 20.2 Å². The van der Waals surface area contributed by atoms with Gasteiger partial charge in [-0.25, -0.2) is 0 Å².